The van der Waals surface area contributed by atoms with Crippen molar-refractivity contribution in [3.63, 3.8) is 0 Å². The second-order valence-corrected chi connectivity index (χ2v) is 10.1. The predicted octanol–water partition coefficient (Wildman–Crippen LogP) is 4.56. The summed E-state index contributed by atoms with van der Waals surface area (Å²) in [6, 6.07) is 16.1. The minimum Gasteiger partial charge on any atom is -0.493 e. The molecule has 0 radical (unpaired) electrons. The smallest absolute Gasteiger partial charge is 0.243 e. The molecule has 0 unspecified atom stereocenters. The third kappa shape index (κ3) is 6.50. The molecule has 3 aromatic rings. The van der Waals surface area contributed by atoms with Crippen molar-refractivity contribution >= 4 is 27.5 Å². The van der Waals surface area contributed by atoms with E-state index >= 15 is 0 Å². The molecule has 7 nitrogen and oxygen atoms in total. The van der Waals surface area contributed by atoms with Gasteiger partial charge in [-0.1, -0.05) is 35.9 Å². The number of benzene rings is 3. The Morgan fingerprint density at radius 1 is 1.03 bits per heavy atom. The maximum absolute atomic E-state index is 14.3. The lowest BCUT2D eigenvalue weighted by Gasteiger charge is -2.24. The summed E-state index contributed by atoms with van der Waals surface area (Å²) in [6.07, 6.45) is 0. The molecule has 10 heteroatoms. The Morgan fingerprint density at radius 3 is 2.31 bits per heavy atom. The maximum Gasteiger partial charge on any atom is 0.243 e. The van der Waals surface area contributed by atoms with Gasteiger partial charge in [0.15, 0.2) is 11.5 Å². The van der Waals surface area contributed by atoms with Gasteiger partial charge in [-0.25, -0.2) is 12.8 Å². The summed E-state index contributed by atoms with van der Waals surface area (Å²) in [4.78, 5) is 12.9. The highest BCUT2D eigenvalue weighted by Gasteiger charge is 2.28. The molecule has 0 aromatic heterocycles. The monoisotopic (exact) mass is 520 g/mol. The van der Waals surface area contributed by atoms with E-state index in [-0.39, 0.29) is 17.0 Å². The van der Waals surface area contributed by atoms with Crippen molar-refractivity contribution in [1.82, 2.24) is 9.62 Å². The summed E-state index contributed by atoms with van der Waals surface area (Å²) in [6.45, 7) is 0.917. The molecular formula is C25H26ClFN2O5S. The molecular weight excluding hydrogens is 495 g/mol. The van der Waals surface area contributed by atoms with Crippen molar-refractivity contribution in [2.45, 2.75) is 24.4 Å². The average Bonchev–Trinajstić information content (AvgIpc) is 2.84. The summed E-state index contributed by atoms with van der Waals surface area (Å²) in [5.41, 5.74) is 0.878. The van der Waals surface area contributed by atoms with Crippen LogP contribution in [0, 0.1) is 5.82 Å². The minimum atomic E-state index is -4.14. The molecule has 1 atom stereocenters. The van der Waals surface area contributed by atoms with Crippen LogP contribution in [0.25, 0.3) is 0 Å². The predicted molar refractivity (Wildman–Crippen MR) is 132 cm³/mol. The van der Waals surface area contributed by atoms with Crippen molar-refractivity contribution in [3.8, 4) is 11.5 Å². The fraction of sp³-hybridized carbons (Fsp3) is 0.240. The van der Waals surface area contributed by atoms with Crippen LogP contribution < -0.4 is 14.8 Å². The molecule has 0 saturated carbocycles. The van der Waals surface area contributed by atoms with Crippen molar-refractivity contribution in [3.05, 3.63) is 88.7 Å². The molecule has 1 N–H and O–H groups in total. The van der Waals surface area contributed by atoms with E-state index in [4.69, 9.17) is 21.1 Å². The van der Waals surface area contributed by atoms with Crippen LogP contribution in [0.3, 0.4) is 0 Å². The molecule has 0 aliphatic rings. The topological polar surface area (TPSA) is 84.9 Å². The number of ether oxygens (including phenoxy) is 2. The Labute approximate surface area is 209 Å². The van der Waals surface area contributed by atoms with Gasteiger partial charge in [-0.2, -0.15) is 4.31 Å². The van der Waals surface area contributed by atoms with Crippen molar-refractivity contribution in [2.75, 3.05) is 20.8 Å². The number of nitrogens with zero attached hydrogens (tertiary/aromatic N) is 1. The second-order valence-electron chi connectivity index (χ2n) is 7.72. The number of nitrogens with one attached hydrogen (secondary N) is 1. The zero-order valence-corrected chi connectivity index (χ0v) is 21.1. The van der Waals surface area contributed by atoms with Gasteiger partial charge >= 0.3 is 0 Å². The second kappa shape index (κ2) is 11.5. The lowest BCUT2D eigenvalue weighted by Crippen LogP contribution is -2.41. The first-order chi connectivity index (χ1) is 16.6. The summed E-state index contributed by atoms with van der Waals surface area (Å²) in [5.74, 6) is -0.0819. The van der Waals surface area contributed by atoms with Crippen LogP contribution in [-0.4, -0.2) is 39.4 Å². The number of carbonyl (C=O) groups is 1. The number of methoxy groups -OCH3 is 2. The van der Waals surface area contributed by atoms with E-state index in [1.807, 2.05) is 0 Å². The van der Waals surface area contributed by atoms with E-state index in [1.54, 1.807) is 31.2 Å². The van der Waals surface area contributed by atoms with Crippen LogP contribution in [-0.2, 0) is 21.4 Å². The molecule has 3 aromatic carbocycles. The van der Waals surface area contributed by atoms with Gasteiger partial charge in [0.2, 0.25) is 15.9 Å². The highest BCUT2D eigenvalue weighted by Crippen LogP contribution is 2.30. The minimum absolute atomic E-state index is 0.0565. The third-order valence-electron chi connectivity index (χ3n) is 5.36. The fourth-order valence-corrected chi connectivity index (χ4v) is 4.95. The highest BCUT2D eigenvalue weighted by atomic mass is 35.5. The maximum atomic E-state index is 14.3. The number of rotatable bonds is 10. The Hall–Kier alpha value is -3.14. The van der Waals surface area contributed by atoms with Gasteiger partial charge in [-0.05, 0) is 55.0 Å². The van der Waals surface area contributed by atoms with Crippen LogP contribution in [0.5, 0.6) is 11.5 Å². The molecule has 0 saturated heterocycles. The molecule has 186 valence electrons. The van der Waals surface area contributed by atoms with Crippen molar-refractivity contribution < 1.29 is 27.1 Å². The number of amides is 1. The van der Waals surface area contributed by atoms with E-state index < -0.39 is 34.3 Å². The molecule has 0 fully saturated rings. The van der Waals surface area contributed by atoms with Gasteiger partial charge in [0.1, 0.15) is 5.82 Å². The first kappa shape index (κ1) is 26.5. The number of carbonyl (C=O) groups excluding carboxylic acids is 1. The van der Waals surface area contributed by atoms with Gasteiger partial charge in [-0.15, -0.1) is 0 Å². The molecule has 35 heavy (non-hydrogen) atoms. The van der Waals surface area contributed by atoms with Crippen LogP contribution in [0.15, 0.2) is 71.6 Å². The summed E-state index contributed by atoms with van der Waals surface area (Å²) in [7, 11) is -1.11. The lowest BCUT2D eigenvalue weighted by molar-refractivity contribution is -0.122. The van der Waals surface area contributed by atoms with Crippen molar-refractivity contribution in [2.24, 2.45) is 0 Å². The number of hydrogen-bond acceptors (Lipinski definition) is 5. The van der Waals surface area contributed by atoms with E-state index in [0.29, 0.717) is 16.5 Å². The molecule has 3 rings (SSSR count). The number of sulfonamides is 1. The summed E-state index contributed by atoms with van der Waals surface area (Å²) >= 11 is 5.89. The van der Waals surface area contributed by atoms with Crippen LogP contribution in [0.4, 0.5) is 4.39 Å². The standard InChI is InChI=1S/C25H26ClFN2O5S/c1-17(18-8-13-23(33-2)24(14-18)34-3)28-25(30)16-29(15-19-6-4-5-7-22(19)27)35(31,32)21-11-9-20(26)10-12-21/h4-14,17H,15-16H2,1-3H3,(H,28,30)/t17-/m0/s1. The van der Waals surface area contributed by atoms with E-state index in [1.165, 1.54) is 56.7 Å². The summed E-state index contributed by atoms with van der Waals surface area (Å²) < 4.78 is 52.5. The molecule has 1 amide bonds. The zero-order chi connectivity index (χ0) is 25.6. The number of halogens is 2. The Kier molecular flexibility index (Phi) is 8.71. The molecule has 0 aliphatic carbocycles. The Balaban J connectivity index is 1.84. The normalized spacial score (nSPS) is 12.3. The number of hydrogen-bond donors (Lipinski definition) is 1. The molecule has 0 heterocycles. The van der Waals surface area contributed by atoms with E-state index in [0.717, 1.165) is 9.87 Å². The lowest BCUT2D eigenvalue weighted by atomic mass is 10.1. The molecule has 0 spiro atoms. The first-order valence-electron chi connectivity index (χ1n) is 10.7. The zero-order valence-electron chi connectivity index (χ0n) is 19.5. The highest BCUT2D eigenvalue weighted by molar-refractivity contribution is 7.89. The summed E-state index contributed by atoms with van der Waals surface area (Å²) in [5, 5.41) is 3.16. The van der Waals surface area contributed by atoms with Crippen LogP contribution in [0.2, 0.25) is 5.02 Å². The largest absolute Gasteiger partial charge is 0.493 e. The Bertz CT molecular complexity index is 1290. The van der Waals surface area contributed by atoms with Gasteiger partial charge in [0.25, 0.3) is 0 Å². The molecule has 0 aliphatic heterocycles. The van der Waals surface area contributed by atoms with Crippen LogP contribution >= 0.6 is 11.6 Å². The van der Waals surface area contributed by atoms with Gasteiger partial charge in [0, 0.05) is 17.1 Å². The van der Waals surface area contributed by atoms with Gasteiger partial charge in [0.05, 0.1) is 31.7 Å². The first-order valence-corrected chi connectivity index (χ1v) is 12.5. The van der Waals surface area contributed by atoms with E-state index in [9.17, 15) is 17.6 Å². The van der Waals surface area contributed by atoms with Gasteiger partial charge < -0.3 is 14.8 Å². The average molecular weight is 521 g/mol. The fourth-order valence-electron chi connectivity index (χ4n) is 3.45. The Morgan fingerprint density at radius 2 is 1.69 bits per heavy atom. The van der Waals surface area contributed by atoms with Gasteiger partial charge in [-0.3, -0.25) is 4.79 Å². The van der Waals surface area contributed by atoms with Crippen LogP contribution in [0.1, 0.15) is 24.1 Å². The quantitative estimate of drug-likeness (QED) is 0.423. The SMILES string of the molecule is COc1ccc([C@H](C)NC(=O)CN(Cc2ccccc2F)S(=O)(=O)c2ccc(Cl)cc2)cc1OC. The van der Waals surface area contributed by atoms with E-state index in [2.05, 4.69) is 5.32 Å². The third-order valence-corrected chi connectivity index (χ3v) is 7.42. The van der Waals surface area contributed by atoms with Crippen molar-refractivity contribution in [1.29, 1.82) is 0 Å². The molecule has 0 bridgehead atoms.